The molecule has 0 spiro atoms. The molecule has 2 unspecified atom stereocenters. The van der Waals surface area contributed by atoms with Gasteiger partial charge in [-0.15, -0.1) is 0 Å². The molecule has 112 valence electrons. The summed E-state index contributed by atoms with van der Waals surface area (Å²) in [5.41, 5.74) is 3.04. The Kier molecular flexibility index (Phi) is 6.06. The fraction of sp³-hybridized carbons (Fsp3) is 0.647. The lowest BCUT2D eigenvalue weighted by Gasteiger charge is -2.31. The van der Waals surface area contributed by atoms with Crippen LogP contribution in [0.15, 0.2) is 22.7 Å². The molecule has 1 aliphatic carbocycles. The Morgan fingerprint density at radius 3 is 2.75 bits per heavy atom. The number of hydrogen-bond acceptors (Lipinski definition) is 2. The van der Waals surface area contributed by atoms with Crippen LogP contribution in [0.25, 0.3) is 0 Å². The molecule has 0 aliphatic heterocycles. The van der Waals surface area contributed by atoms with Gasteiger partial charge in [-0.1, -0.05) is 35.8 Å². The van der Waals surface area contributed by atoms with Gasteiger partial charge in [0.15, 0.2) is 0 Å². The molecule has 1 aromatic carbocycles. The van der Waals surface area contributed by atoms with Gasteiger partial charge in [0.1, 0.15) is 0 Å². The van der Waals surface area contributed by atoms with E-state index < -0.39 is 0 Å². The predicted octanol–water partition coefficient (Wildman–Crippen LogP) is 3.63. The molecule has 1 N–H and O–H groups in total. The minimum Gasteiger partial charge on any atom is -0.310 e. The van der Waals surface area contributed by atoms with Crippen LogP contribution in [0.1, 0.15) is 38.3 Å². The van der Waals surface area contributed by atoms with E-state index in [9.17, 15) is 0 Å². The summed E-state index contributed by atoms with van der Waals surface area (Å²) in [5, 5.41) is 3.82. The Labute approximate surface area is 132 Å². The molecule has 2 atom stereocenters. The summed E-state index contributed by atoms with van der Waals surface area (Å²) < 4.78 is 1.21. The van der Waals surface area contributed by atoms with Crippen LogP contribution in [0.4, 0.5) is 0 Å². The molecule has 2 nitrogen and oxygen atoms in total. The SMILES string of the molecule is CCN(CC)CC(C)NC1CCc2cc(Br)ccc2C1. The molecule has 3 heteroatoms. The predicted molar refractivity (Wildman–Crippen MR) is 90.3 cm³/mol. The van der Waals surface area contributed by atoms with Crippen LogP contribution >= 0.6 is 15.9 Å². The molecular weight excluding hydrogens is 312 g/mol. The third-order valence-electron chi connectivity index (χ3n) is 4.34. The zero-order valence-electron chi connectivity index (χ0n) is 13.0. The maximum Gasteiger partial charge on any atom is 0.0178 e. The fourth-order valence-electron chi connectivity index (χ4n) is 3.19. The molecule has 20 heavy (non-hydrogen) atoms. The lowest BCUT2D eigenvalue weighted by atomic mass is 9.88. The highest BCUT2D eigenvalue weighted by Gasteiger charge is 2.20. The zero-order chi connectivity index (χ0) is 14.5. The minimum atomic E-state index is 0.567. The van der Waals surface area contributed by atoms with E-state index in [1.54, 1.807) is 0 Å². The normalized spacial score (nSPS) is 19.9. The van der Waals surface area contributed by atoms with Crippen molar-refractivity contribution < 1.29 is 0 Å². The van der Waals surface area contributed by atoms with E-state index in [4.69, 9.17) is 0 Å². The van der Waals surface area contributed by atoms with E-state index in [-0.39, 0.29) is 0 Å². The average molecular weight is 339 g/mol. The highest BCUT2D eigenvalue weighted by Crippen LogP contribution is 2.25. The number of likely N-dealkylation sites (N-methyl/N-ethyl adjacent to an activating group) is 1. The first-order valence-corrected chi connectivity index (χ1v) is 8.67. The highest BCUT2D eigenvalue weighted by atomic mass is 79.9. The Balaban J connectivity index is 1.88. The summed E-state index contributed by atoms with van der Waals surface area (Å²) in [4.78, 5) is 2.49. The fourth-order valence-corrected chi connectivity index (χ4v) is 3.60. The van der Waals surface area contributed by atoms with Crippen LogP contribution in [0, 0.1) is 0 Å². The van der Waals surface area contributed by atoms with Gasteiger partial charge in [-0.25, -0.2) is 0 Å². The Bertz CT molecular complexity index is 429. The van der Waals surface area contributed by atoms with Crippen molar-refractivity contribution in [3.8, 4) is 0 Å². The van der Waals surface area contributed by atoms with Crippen molar-refractivity contribution in [3.05, 3.63) is 33.8 Å². The van der Waals surface area contributed by atoms with Crippen molar-refractivity contribution in [2.24, 2.45) is 0 Å². The number of benzene rings is 1. The molecule has 0 fully saturated rings. The molecule has 0 radical (unpaired) electrons. The first-order valence-electron chi connectivity index (χ1n) is 7.88. The molecule has 0 amide bonds. The lowest BCUT2D eigenvalue weighted by Crippen LogP contribution is -2.45. The number of fused-ring (bicyclic) bond motifs is 1. The molecule has 0 heterocycles. The van der Waals surface area contributed by atoms with Gasteiger partial charge < -0.3 is 10.2 Å². The van der Waals surface area contributed by atoms with E-state index >= 15 is 0 Å². The molecule has 0 saturated carbocycles. The molecule has 0 aromatic heterocycles. The first-order chi connectivity index (χ1) is 9.62. The average Bonchev–Trinajstić information content (AvgIpc) is 2.45. The van der Waals surface area contributed by atoms with Crippen molar-refractivity contribution in [1.82, 2.24) is 10.2 Å². The number of nitrogens with zero attached hydrogens (tertiary/aromatic N) is 1. The Morgan fingerprint density at radius 1 is 1.30 bits per heavy atom. The number of nitrogens with one attached hydrogen (secondary N) is 1. The van der Waals surface area contributed by atoms with Gasteiger partial charge in [-0.3, -0.25) is 0 Å². The minimum absolute atomic E-state index is 0.567. The quantitative estimate of drug-likeness (QED) is 0.851. The van der Waals surface area contributed by atoms with Crippen molar-refractivity contribution in [1.29, 1.82) is 0 Å². The smallest absolute Gasteiger partial charge is 0.0178 e. The lowest BCUT2D eigenvalue weighted by molar-refractivity contribution is 0.257. The van der Waals surface area contributed by atoms with Gasteiger partial charge in [0.25, 0.3) is 0 Å². The van der Waals surface area contributed by atoms with Crippen LogP contribution < -0.4 is 5.32 Å². The monoisotopic (exact) mass is 338 g/mol. The number of hydrogen-bond donors (Lipinski definition) is 1. The van der Waals surface area contributed by atoms with E-state index in [0.717, 1.165) is 19.6 Å². The van der Waals surface area contributed by atoms with Gasteiger partial charge in [0.05, 0.1) is 0 Å². The zero-order valence-corrected chi connectivity index (χ0v) is 14.5. The van der Waals surface area contributed by atoms with Gasteiger partial charge in [0, 0.05) is 23.1 Å². The van der Waals surface area contributed by atoms with Crippen molar-refractivity contribution in [2.45, 2.75) is 52.1 Å². The topological polar surface area (TPSA) is 15.3 Å². The maximum absolute atomic E-state index is 3.82. The second-order valence-corrected chi connectivity index (χ2v) is 6.82. The number of rotatable bonds is 6. The van der Waals surface area contributed by atoms with Crippen LogP contribution in [0.2, 0.25) is 0 Å². The molecule has 1 aliphatic rings. The van der Waals surface area contributed by atoms with Crippen LogP contribution in [0.3, 0.4) is 0 Å². The highest BCUT2D eigenvalue weighted by molar-refractivity contribution is 9.10. The summed E-state index contributed by atoms with van der Waals surface area (Å²) in [7, 11) is 0. The number of halogens is 1. The summed E-state index contributed by atoms with van der Waals surface area (Å²) >= 11 is 3.57. The Morgan fingerprint density at radius 2 is 2.05 bits per heavy atom. The summed E-state index contributed by atoms with van der Waals surface area (Å²) in [5.74, 6) is 0. The van der Waals surface area contributed by atoms with E-state index in [2.05, 4.69) is 65.1 Å². The first kappa shape index (κ1) is 16.0. The molecule has 0 saturated heterocycles. The molecule has 2 rings (SSSR count). The molecule has 1 aromatic rings. The number of aryl methyl sites for hydroxylation is 1. The molecule has 0 bridgehead atoms. The van der Waals surface area contributed by atoms with E-state index in [0.29, 0.717) is 12.1 Å². The van der Waals surface area contributed by atoms with Gasteiger partial charge in [0.2, 0.25) is 0 Å². The van der Waals surface area contributed by atoms with Gasteiger partial charge >= 0.3 is 0 Å². The van der Waals surface area contributed by atoms with E-state index in [1.807, 2.05) is 0 Å². The second kappa shape index (κ2) is 7.58. The Hall–Kier alpha value is -0.380. The van der Waals surface area contributed by atoms with Gasteiger partial charge in [-0.2, -0.15) is 0 Å². The van der Waals surface area contributed by atoms with Crippen LogP contribution in [0.5, 0.6) is 0 Å². The third kappa shape index (κ3) is 4.31. The third-order valence-corrected chi connectivity index (χ3v) is 4.84. The van der Waals surface area contributed by atoms with Crippen molar-refractivity contribution in [2.75, 3.05) is 19.6 Å². The second-order valence-electron chi connectivity index (χ2n) is 5.91. The summed E-state index contributed by atoms with van der Waals surface area (Å²) in [6.07, 6.45) is 3.63. The van der Waals surface area contributed by atoms with Crippen molar-refractivity contribution >= 4 is 15.9 Å². The summed E-state index contributed by atoms with van der Waals surface area (Å²) in [6.45, 7) is 10.2. The van der Waals surface area contributed by atoms with Gasteiger partial charge in [-0.05, 0) is 62.5 Å². The van der Waals surface area contributed by atoms with Crippen LogP contribution in [-0.4, -0.2) is 36.6 Å². The standard InChI is InChI=1S/C17H27BrN2/c1-4-20(5-2)12-13(3)19-17-9-7-14-10-16(18)8-6-15(14)11-17/h6,8,10,13,17,19H,4-5,7,9,11-12H2,1-3H3. The maximum atomic E-state index is 3.82. The summed E-state index contributed by atoms with van der Waals surface area (Å²) in [6, 6.07) is 7.93. The molecular formula is C17H27BrN2. The van der Waals surface area contributed by atoms with E-state index in [1.165, 1.54) is 34.9 Å². The van der Waals surface area contributed by atoms with Crippen molar-refractivity contribution in [3.63, 3.8) is 0 Å². The van der Waals surface area contributed by atoms with Crippen LogP contribution in [-0.2, 0) is 12.8 Å². The largest absolute Gasteiger partial charge is 0.310 e.